The molecule has 186 valence electrons. The van der Waals surface area contributed by atoms with Crippen LogP contribution in [0.25, 0.3) is 10.9 Å². The minimum absolute atomic E-state index is 0.200. The van der Waals surface area contributed by atoms with Gasteiger partial charge in [-0.05, 0) is 49.6 Å². The molecule has 37 heavy (non-hydrogen) atoms. The van der Waals surface area contributed by atoms with Gasteiger partial charge in [0, 0.05) is 29.5 Å². The number of rotatable bonds is 5. The number of fused-ring (bicyclic) bond motifs is 3. The summed E-state index contributed by atoms with van der Waals surface area (Å²) in [6.07, 6.45) is 2.17. The monoisotopic (exact) mass is 496 g/mol. The summed E-state index contributed by atoms with van der Waals surface area (Å²) in [5, 5.41) is 8.27. The third kappa shape index (κ3) is 4.40. The summed E-state index contributed by atoms with van der Waals surface area (Å²) in [7, 11) is 0. The fourth-order valence-corrected chi connectivity index (χ4v) is 4.68. The second kappa shape index (κ2) is 9.42. The molecule has 0 radical (unpaired) electrons. The standard InChI is InChI=1S/C28H24N4O5/c1-16-25-20(31-32-27(33)21-11-10-18-5-2-3-6-19(18)30-21)7-4-8-23(25)37-26(16)28(34)29-14-17-9-12-22-24(13-17)36-15-35-22/h2-3,5-6,9-13H,4,7-8,14-15H2,1H3,(H,29,34)(H,32,33)/b31-20+. The average molecular weight is 497 g/mol. The average Bonchev–Trinajstić information content (AvgIpc) is 3.54. The van der Waals surface area contributed by atoms with Crippen molar-refractivity contribution in [2.45, 2.75) is 32.7 Å². The first kappa shape index (κ1) is 22.8. The zero-order chi connectivity index (χ0) is 25.4. The smallest absolute Gasteiger partial charge is 0.289 e. The van der Waals surface area contributed by atoms with Crippen molar-refractivity contribution in [1.29, 1.82) is 0 Å². The van der Waals surface area contributed by atoms with Crippen LogP contribution in [0.2, 0.25) is 0 Å². The van der Waals surface area contributed by atoms with E-state index in [1.54, 1.807) is 6.07 Å². The number of amides is 2. The normalized spacial score (nSPS) is 15.0. The first-order chi connectivity index (χ1) is 18.1. The predicted octanol–water partition coefficient (Wildman–Crippen LogP) is 4.27. The van der Waals surface area contributed by atoms with E-state index in [1.165, 1.54) is 0 Å². The minimum Gasteiger partial charge on any atom is -0.455 e. The van der Waals surface area contributed by atoms with Gasteiger partial charge in [0.1, 0.15) is 11.5 Å². The van der Waals surface area contributed by atoms with Crippen molar-refractivity contribution >= 4 is 28.4 Å². The SMILES string of the molecule is Cc1c(C(=O)NCc2ccc3c(c2)OCO3)oc2c1/C(=N/NC(=O)c1ccc3ccccc3n1)CCC2. The van der Waals surface area contributed by atoms with Crippen LogP contribution in [-0.4, -0.2) is 29.3 Å². The molecule has 1 aliphatic heterocycles. The molecule has 3 heterocycles. The van der Waals surface area contributed by atoms with Crippen molar-refractivity contribution in [3.63, 3.8) is 0 Å². The third-order valence-electron chi connectivity index (χ3n) is 6.55. The van der Waals surface area contributed by atoms with Gasteiger partial charge < -0.3 is 19.2 Å². The number of hydrazone groups is 1. The molecule has 0 saturated carbocycles. The van der Waals surface area contributed by atoms with Gasteiger partial charge in [-0.15, -0.1) is 0 Å². The number of carbonyl (C=O) groups is 2. The molecule has 0 unspecified atom stereocenters. The predicted molar refractivity (Wildman–Crippen MR) is 136 cm³/mol. The number of ether oxygens (including phenoxy) is 2. The van der Waals surface area contributed by atoms with E-state index in [4.69, 9.17) is 13.9 Å². The van der Waals surface area contributed by atoms with Gasteiger partial charge in [0.25, 0.3) is 11.8 Å². The second-order valence-corrected chi connectivity index (χ2v) is 8.97. The van der Waals surface area contributed by atoms with Crippen LogP contribution in [0.4, 0.5) is 0 Å². The molecule has 2 aliphatic rings. The Bertz CT molecular complexity index is 1570. The van der Waals surface area contributed by atoms with Gasteiger partial charge in [-0.1, -0.05) is 30.3 Å². The molecule has 2 aromatic carbocycles. The lowest BCUT2D eigenvalue weighted by Crippen LogP contribution is -2.24. The molecule has 0 fully saturated rings. The largest absolute Gasteiger partial charge is 0.455 e. The molecule has 9 heteroatoms. The van der Waals surface area contributed by atoms with Crippen LogP contribution in [0.5, 0.6) is 11.5 Å². The number of hydrogen-bond donors (Lipinski definition) is 2. The van der Waals surface area contributed by atoms with E-state index in [0.717, 1.165) is 28.5 Å². The number of furan rings is 1. The number of carbonyl (C=O) groups excluding carboxylic acids is 2. The number of benzene rings is 2. The van der Waals surface area contributed by atoms with E-state index in [2.05, 4.69) is 20.8 Å². The Morgan fingerprint density at radius 2 is 1.86 bits per heavy atom. The van der Waals surface area contributed by atoms with Crippen molar-refractivity contribution in [3.8, 4) is 11.5 Å². The van der Waals surface area contributed by atoms with Gasteiger partial charge >= 0.3 is 0 Å². The highest BCUT2D eigenvalue weighted by Crippen LogP contribution is 2.33. The van der Waals surface area contributed by atoms with Crippen molar-refractivity contribution in [1.82, 2.24) is 15.7 Å². The Morgan fingerprint density at radius 3 is 2.78 bits per heavy atom. The van der Waals surface area contributed by atoms with Crippen molar-refractivity contribution in [2.75, 3.05) is 6.79 Å². The van der Waals surface area contributed by atoms with E-state index in [-0.39, 0.29) is 24.2 Å². The highest BCUT2D eigenvalue weighted by Gasteiger charge is 2.28. The Morgan fingerprint density at radius 1 is 1.00 bits per heavy atom. The highest BCUT2D eigenvalue weighted by atomic mass is 16.7. The zero-order valence-electron chi connectivity index (χ0n) is 20.2. The highest BCUT2D eigenvalue weighted by molar-refractivity contribution is 6.07. The molecule has 2 N–H and O–H groups in total. The summed E-state index contributed by atoms with van der Waals surface area (Å²) in [5.74, 6) is 1.61. The molecule has 9 nitrogen and oxygen atoms in total. The third-order valence-corrected chi connectivity index (χ3v) is 6.55. The number of aromatic nitrogens is 1. The molecule has 0 saturated heterocycles. The fourth-order valence-electron chi connectivity index (χ4n) is 4.68. The van der Waals surface area contributed by atoms with Crippen LogP contribution in [0.15, 0.2) is 64.1 Å². The lowest BCUT2D eigenvalue weighted by Gasteiger charge is -2.13. The Hall–Kier alpha value is -4.66. The molecule has 2 aromatic heterocycles. The first-order valence-corrected chi connectivity index (χ1v) is 12.1. The van der Waals surface area contributed by atoms with Crippen molar-refractivity contribution < 1.29 is 23.5 Å². The number of nitrogens with zero attached hydrogens (tertiary/aromatic N) is 2. The van der Waals surface area contributed by atoms with Crippen LogP contribution in [0.1, 0.15) is 56.3 Å². The van der Waals surface area contributed by atoms with Gasteiger partial charge in [0.15, 0.2) is 17.3 Å². The molecule has 2 amide bonds. The van der Waals surface area contributed by atoms with Gasteiger partial charge in [-0.25, -0.2) is 10.4 Å². The maximum absolute atomic E-state index is 13.0. The number of nitrogens with one attached hydrogen (secondary N) is 2. The second-order valence-electron chi connectivity index (χ2n) is 8.97. The number of aryl methyl sites for hydroxylation is 1. The molecule has 0 spiro atoms. The molecule has 1 aliphatic carbocycles. The first-order valence-electron chi connectivity index (χ1n) is 12.1. The van der Waals surface area contributed by atoms with Crippen molar-refractivity contribution in [2.24, 2.45) is 5.10 Å². The van der Waals surface area contributed by atoms with Gasteiger partial charge in [-0.3, -0.25) is 9.59 Å². The fraction of sp³-hybridized carbons (Fsp3) is 0.214. The van der Waals surface area contributed by atoms with Crippen molar-refractivity contribution in [3.05, 3.63) is 88.5 Å². The van der Waals surface area contributed by atoms with Crippen LogP contribution in [-0.2, 0) is 13.0 Å². The Balaban J connectivity index is 1.18. The lowest BCUT2D eigenvalue weighted by atomic mass is 9.93. The topological polar surface area (TPSA) is 115 Å². The number of para-hydroxylation sites is 1. The summed E-state index contributed by atoms with van der Waals surface area (Å²) < 4.78 is 16.7. The van der Waals surface area contributed by atoms with Gasteiger partial charge in [0.2, 0.25) is 6.79 Å². The van der Waals surface area contributed by atoms with Crippen LogP contribution in [0.3, 0.4) is 0 Å². The zero-order valence-corrected chi connectivity index (χ0v) is 20.2. The molecule has 0 atom stereocenters. The quantitative estimate of drug-likeness (QED) is 0.399. The maximum Gasteiger partial charge on any atom is 0.289 e. The molecule has 0 bridgehead atoms. The van der Waals surface area contributed by atoms with Crippen LogP contribution >= 0.6 is 0 Å². The molecular formula is C28H24N4O5. The minimum atomic E-state index is -0.395. The van der Waals surface area contributed by atoms with E-state index >= 15 is 0 Å². The molecular weight excluding hydrogens is 472 g/mol. The van der Waals surface area contributed by atoms with Gasteiger partial charge in [-0.2, -0.15) is 5.10 Å². The molecule has 4 aromatic rings. The van der Waals surface area contributed by atoms with Gasteiger partial charge in [0.05, 0.1) is 11.2 Å². The van der Waals surface area contributed by atoms with E-state index in [0.29, 0.717) is 47.9 Å². The maximum atomic E-state index is 13.0. The number of hydrogen-bond acceptors (Lipinski definition) is 7. The van der Waals surface area contributed by atoms with E-state index in [9.17, 15) is 9.59 Å². The summed E-state index contributed by atoms with van der Waals surface area (Å²) in [6, 6.07) is 16.7. The number of pyridine rings is 1. The van der Waals surface area contributed by atoms with Crippen LogP contribution < -0.4 is 20.2 Å². The summed E-state index contributed by atoms with van der Waals surface area (Å²) in [5.41, 5.74) is 6.72. The Labute approximate surface area is 212 Å². The summed E-state index contributed by atoms with van der Waals surface area (Å²) >= 11 is 0. The summed E-state index contributed by atoms with van der Waals surface area (Å²) in [4.78, 5) is 30.1. The Kier molecular flexibility index (Phi) is 5.80. The van der Waals surface area contributed by atoms with E-state index < -0.39 is 5.91 Å². The summed E-state index contributed by atoms with van der Waals surface area (Å²) in [6.45, 7) is 2.35. The molecule has 6 rings (SSSR count). The van der Waals surface area contributed by atoms with E-state index in [1.807, 2.05) is 55.5 Å². The van der Waals surface area contributed by atoms with Crippen LogP contribution in [0, 0.1) is 6.92 Å². The lowest BCUT2D eigenvalue weighted by molar-refractivity contribution is 0.0918.